The zero-order chi connectivity index (χ0) is 25.4. The molecule has 0 aliphatic rings. The Morgan fingerprint density at radius 1 is 0.727 bits per heavy atom. The number of nitrogens with one attached hydrogen (secondary N) is 1. The first-order valence-electron chi connectivity index (χ1n) is 12.0. The van der Waals surface area contributed by atoms with E-state index in [0.29, 0.717) is 0 Å². The van der Waals surface area contributed by atoms with E-state index >= 15 is 0 Å². The van der Waals surface area contributed by atoms with Gasteiger partial charge in [0.05, 0.1) is 21.8 Å². The second-order valence-electron chi connectivity index (χ2n) is 13.0. The standard InChI is InChI=1S/C29H46NOPS/c1-26(2,3)22-19-17-21(18-20-22)25(30-33(31)29(10,11)12)23-15-13-14-16-24(23)32(27(4,5)6)28(7,8)9/h13-20,25,30H,1-12H3/t25-,33?/m1/s1. The lowest BCUT2D eigenvalue weighted by Gasteiger charge is -2.43. The molecule has 0 fully saturated rings. The third-order valence-electron chi connectivity index (χ3n) is 5.72. The van der Waals surface area contributed by atoms with Gasteiger partial charge in [-0.25, -0.2) is 8.93 Å². The Hall–Kier alpha value is -1.02. The van der Waals surface area contributed by atoms with E-state index in [1.165, 1.54) is 16.4 Å². The SMILES string of the molecule is CC(C)(C)c1ccc([C@@H](NS(=O)C(C)(C)C)c2ccccc2P(C(C)(C)C)C(C)(C)C)cc1. The second-order valence-corrected chi connectivity index (χ2v) is 18.9. The van der Waals surface area contributed by atoms with Gasteiger partial charge in [-0.1, -0.05) is 119 Å². The van der Waals surface area contributed by atoms with Crippen LogP contribution in [0.4, 0.5) is 0 Å². The molecule has 0 radical (unpaired) electrons. The molecule has 0 amide bonds. The van der Waals surface area contributed by atoms with Crippen LogP contribution in [0.3, 0.4) is 0 Å². The maximum atomic E-state index is 13.3. The van der Waals surface area contributed by atoms with Crippen molar-refractivity contribution >= 4 is 24.2 Å². The third kappa shape index (κ3) is 7.23. The van der Waals surface area contributed by atoms with Gasteiger partial charge in [0.25, 0.3) is 0 Å². The molecule has 1 N–H and O–H groups in total. The highest BCUT2D eigenvalue weighted by molar-refractivity contribution is 7.84. The van der Waals surface area contributed by atoms with Gasteiger partial charge in [0.15, 0.2) is 0 Å². The summed E-state index contributed by atoms with van der Waals surface area (Å²) in [6.07, 6.45) is 0. The molecule has 0 aromatic heterocycles. The molecule has 33 heavy (non-hydrogen) atoms. The minimum atomic E-state index is -1.20. The number of hydrogen-bond donors (Lipinski definition) is 1. The van der Waals surface area contributed by atoms with E-state index in [1.807, 2.05) is 20.8 Å². The van der Waals surface area contributed by atoms with Crippen molar-refractivity contribution in [2.45, 2.75) is 110 Å². The fourth-order valence-electron chi connectivity index (χ4n) is 4.43. The molecule has 0 aliphatic heterocycles. The first-order valence-corrected chi connectivity index (χ1v) is 14.5. The Bertz CT molecular complexity index is 939. The summed E-state index contributed by atoms with van der Waals surface area (Å²) in [4.78, 5) is 0. The van der Waals surface area contributed by atoms with E-state index in [1.54, 1.807) is 0 Å². The average molecular weight is 488 g/mol. The van der Waals surface area contributed by atoms with E-state index in [9.17, 15) is 4.21 Å². The van der Waals surface area contributed by atoms with Crippen LogP contribution in [0.15, 0.2) is 48.5 Å². The summed E-state index contributed by atoms with van der Waals surface area (Å²) in [5.74, 6) is 0. The van der Waals surface area contributed by atoms with Crippen molar-refractivity contribution < 1.29 is 4.21 Å². The molecule has 0 saturated heterocycles. The molecule has 4 heteroatoms. The summed E-state index contributed by atoms with van der Waals surface area (Å²) in [6, 6.07) is 17.6. The van der Waals surface area contributed by atoms with Gasteiger partial charge in [0.2, 0.25) is 0 Å². The van der Waals surface area contributed by atoms with E-state index < -0.39 is 18.9 Å². The molecule has 2 atom stereocenters. The molecular weight excluding hydrogens is 441 g/mol. The molecule has 0 spiro atoms. The minimum Gasteiger partial charge on any atom is -0.242 e. The zero-order valence-corrected chi connectivity index (χ0v) is 24.7. The maximum absolute atomic E-state index is 13.3. The molecule has 2 aromatic rings. The van der Waals surface area contributed by atoms with Gasteiger partial charge in [-0.2, -0.15) is 0 Å². The van der Waals surface area contributed by atoms with Crippen LogP contribution < -0.4 is 10.0 Å². The summed E-state index contributed by atoms with van der Waals surface area (Å²) in [7, 11) is -1.70. The highest BCUT2D eigenvalue weighted by atomic mass is 32.2. The molecule has 2 aromatic carbocycles. The second kappa shape index (κ2) is 9.92. The number of hydrogen-bond acceptors (Lipinski definition) is 1. The lowest BCUT2D eigenvalue weighted by Crippen LogP contribution is -2.39. The molecule has 0 heterocycles. The summed E-state index contributed by atoms with van der Waals surface area (Å²) in [6.45, 7) is 26.9. The van der Waals surface area contributed by atoms with Gasteiger partial charge < -0.3 is 0 Å². The Labute approximate surface area is 207 Å². The van der Waals surface area contributed by atoms with Crippen LogP contribution in [0, 0.1) is 0 Å². The van der Waals surface area contributed by atoms with Gasteiger partial charge in [-0.05, 0) is 58.5 Å². The summed E-state index contributed by atoms with van der Waals surface area (Å²) in [5, 5.41) is 1.69. The molecule has 2 rings (SSSR count). The Morgan fingerprint density at radius 3 is 1.64 bits per heavy atom. The molecule has 1 unspecified atom stereocenters. The fourth-order valence-corrected chi connectivity index (χ4v) is 9.42. The van der Waals surface area contributed by atoms with Crippen LogP contribution in [0.1, 0.15) is 106 Å². The normalized spacial score (nSPS) is 15.5. The van der Waals surface area contributed by atoms with Crippen LogP contribution in [0.25, 0.3) is 0 Å². The quantitative estimate of drug-likeness (QED) is 0.428. The molecule has 0 aliphatic carbocycles. The monoisotopic (exact) mass is 487 g/mol. The van der Waals surface area contributed by atoms with Crippen LogP contribution in [0.5, 0.6) is 0 Å². The van der Waals surface area contributed by atoms with Crippen molar-refractivity contribution in [2.75, 3.05) is 0 Å². The minimum absolute atomic E-state index is 0.0976. The van der Waals surface area contributed by atoms with Crippen LogP contribution in [-0.4, -0.2) is 19.3 Å². The molecule has 2 nitrogen and oxygen atoms in total. The van der Waals surface area contributed by atoms with Crippen molar-refractivity contribution in [1.82, 2.24) is 4.72 Å². The molecule has 0 saturated carbocycles. The lowest BCUT2D eigenvalue weighted by atomic mass is 9.86. The van der Waals surface area contributed by atoms with E-state index in [4.69, 9.17) is 0 Å². The zero-order valence-electron chi connectivity index (χ0n) is 23.0. The first kappa shape index (κ1) is 28.2. The summed E-state index contributed by atoms with van der Waals surface area (Å²) >= 11 is 0. The lowest BCUT2D eigenvalue weighted by molar-refractivity contribution is 0.589. The molecule has 0 bridgehead atoms. The first-order chi connectivity index (χ1) is 14.8. The van der Waals surface area contributed by atoms with Crippen LogP contribution in [-0.2, 0) is 16.4 Å². The topological polar surface area (TPSA) is 29.1 Å². The highest BCUT2D eigenvalue weighted by Crippen LogP contribution is 2.59. The molecule has 184 valence electrons. The van der Waals surface area contributed by atoms with Crippen LogP contribution in [0.2, 0.25) is 0 Å². The predicted molar refractivity (Wildman–Crippen MR) is 151 cm³/mol. The van der Waals surface area contributed by atoms with E-state index in [0.717, 1.165) is 5.56 Å². The van der Waals surface area contributed by atoms with Gasteiger partial charge in [0, 0.05) is 0 Å². The van der Waals surface area contributed by atoms with Crippen molar-refractivity contribution in [2.24, 2.45) is 0 Å². The Kier molecular flexibility index (Phi) is 8.48. The van der Waals surface area contributed by atoms with E-state index in [-0.39, 0.29) is 26.5 Å². The van der Waals surface area contributed by atoms with E-state index in [2.05, 4.69) is 116 Å². The van der Waals surface area contributed by atoms with Gasteiger partial charge in [-0.15, -0.1) is 0 Å². The van der Waals surface area contributed by atoms with Gasteiger partial charge >= 0.3 is 0 Å². The van der Waals surface area contributed by atoms with Crippen molar-refractivity contribution in [3.8, 4) is 0 Å². The molecular formula is C29H46NOPS. The smallest absolute Gasteiger partial charge is 0.0979 e. The Morgan fingerprint density at radius 2 is 1.21 bits per heavy atom. The Balaban J connectivity index is 2.72. The number of benzene rings is 2. The van der Waals surface area contributed by atoms with Crippen molar-refractivity contribution in [3.05, 3.63) is 65.2 Å². The third-order valence-corrected chi connectivity index (χ3v) is 10.9. The largest absolute Gasteiger partial charge is 0.242 e. The summed E-state index contributed by atoms with van der Waals surface area (Å²) < 4.78 is 16.5. The van der Waals surface area contributed by atoms with Crippen molar-refractivity contribution in [1.29, 1.82) is 0 Å². The van der Waals surface area contributed by atoms with Crippen LogP contribution >= 0.6 is 7.92 Å². The van der Waals surface area contributed by atoms with Gasteiger partial charge in [-0.3, -0.25) is 0 Å². The highest BCUT2D eigenvalue weighted by Gasteiger charge is 2.38. The average Bonchev–Trinajstić information content (AvgIpc) is 2.63. The van der Waals surface area contributed by atoms with Gasteiger partial charge in [0.1, 0.15) is 0 Å². The number of rotatable bonds is 5. The maximum Gasteiger partial charge on any atom is 0.0979 e. The summed E-state index contributed by atoms with van der Waals surface area (Å²) in [5.41, 5.74) is 3.81. The van der Waals surface area contributed by atoms with Crippen molar-refractivity contribution in [3.63, 3.8) is 0 Å². The fraction of sp³-hybridized carbons (Fsp3) is 0.586. The predicted octanol–water partition coefficient (Wildman–Crippen LogP) is 7.83.